The summed E-state index contributed by atoms with van der Waals surface area (Å²) in [6.07, 6.45) is 0. The van der Waals surface area contributed by atoms with Crippen LogP contribution >= 0.6 is 0 Å². The van der Waals surface area contributed by atoms with Crippen LogP contribution in [0.2, 0.25) is 0 Å². The van der Waals surface area contributed by atoms with Crippen molar-refractivity contribution in [2.24, 2.45) is 0 Å². The molecule has 3 aromatic carbocycles. The van der Waals surface area contributed by atoms with Gasteiger partial charge in [0.25, 0.3) is 5.91 Å². The fourth-order valence-electron chi connectivity index (χ4n) is 3.49. The third-order valence-corrected chi connectivity index (χ3v) is 4.98. The van der Waals surface area contributed by atoms with Crippen molar-refractivity contribution >= 4 is 28.3 Å². The molecule has 4 aromatic rings. The van der Waals surface area contributed by atoms with Gasteiger partial charge < -0.3 is 23.9 Å². The predicted molar refractivity (Wildman–Crippen MR) is 118 cm³/mol. The molecule has 1 aliphatic rings. The van der Waals surface area contributed by atoms with Gasteiger partial charge in [-0.15, -0.1) is 0 Å². The molecule has 1 amide bonds. The van der Waals surface area contributed by atoms with E-state index in [-0.39, 0.29) is 18.2 Å². The molecular formula is C25H19NO6. The van der Waals surface area contributed by atoms with E-state index in [4.69, 9.17) is 18.6 Å². The summed E-state index contributed by atoms with van der Waals surface area (Å²) < 4.78 is 22.5. The Hall–Kier alpha value is -4.26. The molecule has 7 nitrogen and oxygen atoms in total. The molecule has 32 heavy (non-hydrogen) atoms. The Morgan fingerprint density at radius 1 is 0.875 bits per heavy atom. The van der Waals surface area contributed by atoms with E-state index < -0.39 is 5.91 Å². The van der Waals surface area contributed by atoms with E-state index in [1.54, 1.807) is 48.5 Å². The van der Waals surface area contributed by atoms with Gasteiger partial charge in [-0.3, -0.25) is 9.59 Å². The van der Waals surface area contributed by atoms with Gasteiger partial charge in [-0.1, -0.05) is 30.3 Å². The van der Waals surface area contributed by atoms with E-state index in [0.717, 1.165) is 0 Å². The summed E-state index contributed by atoms with van der Waals surface area (Å²) in [6.45, 7) is 0.671. The second kappa shape index (κ2) is 8.47. The van der Waals surface area contributed by atoms with Gasteiger partial charge >= 0.3 is 0 Å². The van der Waals surface area contributed by atoms with Crippen LogP contribution in [0.4, 0.5) is 5.69 Å². The summed E-state index contributed by atoms with van der Waals surface area (Å²) in [4.78, 5) is 25.9. The molecule has 160 valence electrons. The molecule has 0 aliphatic carbocycles. The first-order valence-corrected chi connectivity index (χ1v) is 10.1. The van der Waals surface area contributed by atoms with Crippen LogP contribution in [0.3, 0.4) is 0 Å². The highest BCUT2D eigenvalue weighted by atomic mass is 16.6. The number of benzene rings is 3. The smallest absolute Gasteiger partial charge is 0.262 e. The van der Waals surface area contributed by atoms with E-state index in [0.29, 0.717) is 52.7 Å². The van der Waals surface area contributed by atoms with Crippen molar-refractivity contribution in [2.45, 2.75) is 0 Å². The normalized spacial score (nSPS) is 12.4. The van der Waals surface area contributed by atoms with Crippen molar-refractivity contribution in [2.75, 3.05) is 25.1 Å². The van der Waals surface area contributed by atoms with Gasteiger partial charge in [0.05, 0.1) is 5.69 Å². The number of ketones is 1. The van der Waals surface area contributed by atoms with Gasteiger partial charge in [0.1, 0.15) is 24.5 Å². The molecule has 0 atom stereocenters. The highest BCUT2D eigenvalue weighted by Crippen LogP contribution is 2.35. The van der Waals surface area contributed by atoms with Crippen LogP contribution in [-0.2, 0) is 4.79 Å². The van der Waals surface area contributed by atoms with E-state index in [1.165, 1.54) is 0 Å². The molecule has 5 rings (SSSR count). The third-order valence-electron chi connectivity index (χ3n) is 4.98. The van der Waals surface area contributed by atoms with Crippen LogP contribution < -0.4 is 19.5 Å². The third kappa shape index (κ3) is 3.88. The molecular weight excluding hydrogens is 410 g/mol. The Bertz CT molecular complexity index is 1290. The summed E-state index contributed by atoms with van der Waals surface area (Å²) in [5, 5.41) is 3.41. The number of anilines is 1. The maximum absolute atomic E-state index is 13.3. The molecule has 1 aromatic heterocycles. The van der Waals surface area contributed by atoms with Crippen molar-refractivity contribution in [3.63, 3.8) is 0 Å². The lowest BCUT2D eigenvalue weighted by Gasteiger charge is -2.18. The SMILES string of the molecule is O=C(COc1ccccc1)Nc1c(C(=O)c2ccc3c(c2)OCCO3)oc2ccccc12. The first-order valence-electron chi connectivity index (χ1n) is 10.1. The quantitative estimate of drug-likeness (QED) is 0.456. The Balaban J connectivity index is 1.44. The van der Waals surface area contributed by atoms with Crippen LogP contribution in [0, 0.1) is 0 Å². The Kier molecular flexibility index (Phi) is 5.21. The van der Waals surface area contributed by atoms with Crippen molar-refractivity contribution in [3.05, 3.63) is 84.1 Å². The first kappa shape index (κ1) is 19.7. The molecule has 1 N–H and O–H groups in total. The number of fused-ring (bicyclic) bond motifs is 2. The number of carbonyl (C=O) groups excluding carboxylic acids is 2. The van der Waals surface area contributed by atoms with Crippen LogP contribution in [-0.4, -0.2) is 31.5 Å². The Labute approximate surface area is 183 Å². The minimum atomic E-state index is -0.406. The fraction of sp³-hybridized carbons (Fsp3) is 0.120. The molecule has 0 spiro atoms. The first-order chi connectivity index (χ1) is 15.7. The van der Waals surface area contributed by atoms with Crippen LogP contribution in [0.25, 0.3) is 11.0 Å². The van der Waals surface area contributed by atoms with Gasteiger partial charge in [-0.25, -0.2) is 0 Å². The molecule has 0 unspecified atom stereocenters. The molecule has 0 saturated heterocycles. The zero-order valence-electron chi connectivity index (χ0n) is 17.0. The van der Waals surface area contributed by atoms with Gasteiger partial charge in [-0.05, 0) is 42.5 Å². The topological polar surface area (TPSA) is 87.0 Å². The van der Waals surface area contributed by atoms with Crippen LogP contribution in [0.1, 0.15) is 16.1 Å². The predicted octanol–water partition coefficient (Wildman–Crippen LogP) is 4.45. The summed E-state index contributed by atoms with van der Waals surface area (Å²) in [7, 11) is 0. The van der Waals surface area contributed by atoms with Crippen molar-refractivity contribution < 1.29 is 28.2 Å². The standard InChI is InChI=1S/C25H19NO6/c27-22(15-31-17-6-2-1-3-7-17)26-23-18-8-4-5-9-19(18)32-25(23)24(28)16-10-11-20-21(14-16)30-13-12-29-20/h1-11,14H,12-13,15H2,(H,26,27). The average Bonchev–Trinajstić information content (AvgIpc) is 3.21. The minimum Gasteiger partial charge on any atom is -0.486 e. The lowest BCUT2D eigenvalue weighted by atomic mass is 10.1. The number of para-hydroxylation sites is 2. The monoisotopic (exact) mass is 429 g/mol. The van der Waals surface area contributed by atoms with Crippen molar-refractivity contribution in [1.29, 1.82) is 0 Å². The molecule has 1 aliphatic heterocycles. The van der Waals surface area contributed by atoms with Crippen LogP contribution in [0.5, 0.6) is 17.2 Å². The minimum absolute atomic E-state index is 0.0379. The maximum atomic E-state index is 13.3. The van der Waals surface area contributed by atoms with E-state index >= 15 is 0 Å². The summed E-state index contributed by atoms with van der Waals surface area (Å²) in [5.74, 6) is 0.918. The van der Waals surface area contributed by atoms with Gasteiger partial charge in [0.15, 0.2) is 23.9 Å². The fourth-order valence-corrected chi connectivity index (χ4v) is 3.49. The zero-order chi connectivity index (χ0) is 21.9. The number of ether oxygens (including phenoxy) is 3. The number of carbonyl (C=O) groups is 2. The molecule has 0 fully saturated rings. The Morgan fingerprint density at radius 2 is 1.62 bits per heavy atom. The molecule has 2 heterocycles. The van der Waals surface area contributed by atoms with Crippen molar-refractivity contribution in [1.82, 2.24) is 0 Å². The largest absolute Gasteiger partial charge is 0.486 e. The van der Waals surface area contributed by atoms with Gasteiger partial charge in [0, 0.05) is 10.9 Å². The maximum Gasteiger partial charge on any atom is 0.262 e. The molecule has 0 bridgehead atoms. The van der Waals surface area contributed by atoms with Gasteiger partial charge in [-0.2, -0.15) is 0 Å². The molecule has 0 radical (unpaired) electrons. The summed E-state index contributed by atoms with van der Waals surface area (Å²) in [6, 6.07) is 21.1. The number of hydrogen-bond acceptors (Lipinski definition) is 6. The molecule has 0 saturated carbocycles. The number of nitrogens with one attached hydrogen (secondary N) is 1. The lowest BCUT2D eigenvalue weighted by Crippen LogP contribution is -2.21. The van der Waals surface area contributed by atoms with Crippen LogP contribution in [0.15, 0.2) is 77.2 Å². The number of furan rings is 1. The van der Waals surface area contributed by atoms with E-state index in [9.17, 15) is 9.59 Å². The zero-order valence-corrected chi connectivity index (χ0v) is 17.0. The Morgan fingerprint density at radius 3 is 2.47 bits per heavy atom. The van der Waals surface area contributed by atoms with E-state index in [1.807, 2.05) is 24.3 Å². The second-order valence-electron chi connectivity index (χ2n) is 7.14. The molecule has 7 heteroatoms. The lowest BCUT2D eigenvalue weighted by molar-refractivity contribution is -0.118. The highest BCUT2D eigenvalue weighted by molar-refractivity contribution is 6.17. The number of rotatable bonds is 6. The average molecular weight is 429 g/mol. The van der Waals surface area contributed by atoms with E-state index in [2.05, 4.69) is 5.32 Å². The highest BCUT2D eigenvalue weighted by Gasteiger charge is 2.25. The summed E-state index contributed by atoms with van der Waals surface area (Å²) in [5.41, 5.74) is 1.17. The second-order valence-corrected chi connectivity index (χ2v) is 7.14. The number of amides is 1. The van der Waals surface area contributed by atoms with Gasteiger partial charge in [0.2, 0.25) is 5.78 Å². The number of hydrogen-bond donors (Lipinski definition) is 1. The summed E-state index contributed by atoms with van der Waals surface area (Å²) >= 11 is 0. The van der Waals surface area contributed by atoms with Crippen molar-refractivity contribution in [3.8, 4) is 17.2 Å².